The van der Waals surface area contributed by atoms with Gasteiger partial charge < -0.3 is 10.1 Å². The summed E-state index contributed by atoms with van der Waals surface area (Å²) in [7, 11) is 1.16. The standard InChI is InChI=1S/C12H8F3NO3S/c1-19-10(17)5-9-11(18)16-7-4-6(12(13,14)15)2-3-8(7)20-9/h2-5H,1H3,(H,16,18)/b9-5+. The highest BCUT2D eigenvalue weighted by atomic mass is 32.2. The number of carbonyl (C=O) groups excluding carboxylic acids is 2. The van der Waals surface area contributed by atoms with Crippen molar-refractivity contribution in [2.24, 2.45) is 0 Å². The molecule has 1 N–H and O–H groups in total. The molecule has 0 aliphatic carbocycles. The average molecular weight is 303 g/mol. The highest BCUT2D eigenvalue weighted by Crippen LogP contribution is 2.41. The third-order valence-electron chi connectivity index (χ3n) is 2.45. The van der Waals surface area contributed by atoms with Crippen molar-refractivity contribution < 1.29 is 27.5 Å². The van der Waals surface area contributed by atoms with Crippen molar-refractivity contribution in [3.63, 3.8) is 0 Å². The second kappa shape index (κ2) is 5.20. The van der Waals surface area contributed by atoms with E-state index < -0.39 is 23.6 Å². The Bertz CT molecular complexity index is 610. The molecule has 4 nitrogen and oxygen atoms in total. The van der Waals surface area contributed by atoms with E-state index >= 15 is 0 Å². The van der Waals surface area contributed by atoms with Crippen LogP contribution in [0.25, 0.3) is 0 Å². The normalized spacial score (nSPS) is 16.6. The quantitative estimate of drug-likeness (QED) is 0.640. The van der Waals surface area contributed by atoms with Crippen molar-refractivity contribution in [2.45, 2.75) is 11.1 Å². The number of carbonyl (C=O) groups is 2. The predicted octanol–water partition coefficient (Wildman–Crippen LogP) is 2.81. The SMILES string of the molecule is COC(=O)/C=C1/Sc2ccc(C(F)(F)F)cc2NC1=O. The molecule has 20 heavy (non-hydrogen) atoms. The van der Waals surface area contributed by atoms with Gasteiger partial charge in [0.15, 0.2) is 0 Å². The lowest BCUT2D eigenvalue weighted by molar-refractivity contribution is -0.137. The van der Waals surface area contributed by atoms with Gasteiger partial charge in [-0.05, 0) is 18.2 Å². The minimum absolute atomic E-state index is 0.0594. The second-order valence-electron chi connectivity index (χ2n) is 3.80. The van der Waals surface area contributed by atoms with E-state index in [1.165, 1.54) is 6.07 Å². The summed E-state index contributed by atoms with van der Waals surface area (Å²) in [5, 5.41) is 2.32. The third kappa shape index (κ3) is 2.96. The molecule has 1 aliphatic heterocycles. The van der Waals surface area contributed by atoms with Crippen LogP contribution in [0, 0.1) is 0 Å². The summed E-state index contributed by atoms with van der Waals surface area (Å²) < 4.78 is 42.1. The second-order valence-corrected chi connectivity index (χ2v) is 4.88. The largest absolute Gasteiger partial charge is 0.466 e. The van der Waals surface area contributed by atoms with E-state index in [-0.39, 0.29) is 10.6 Å². The molecule has 0 atom stereocenters. The maximum absolute atomic E-state index is 12.6. The minimum atomic E-state index is -4.48. The summed E-state index contributed by atoms with van der Waals surface area (Å²) in [4.78, 5) is 23.2. The number of rotatable bonds is 1. The number of ether oxygens (including phenoxy) is 1. The number of methoxy groups -OCH3 is 1. The maximum Gasteiger partial charge on any atom is 0.416 e. The fraction of sp³-hybridized carbons (Fsp3) is 0.167. The van der Waals surface area contributed by atoms with Crippen LogP contribution in [-0.2, 0) is 20.5 Å². The number of benzene rings is 1. The molecule has 0 fully saturated rings. The molecule has 0 radical (unpaired) electrons. The lowest BCUT2D eigenvalue weighted by Crippen LogP contribution is -2.19. The van der Waals surface area contributed by atoms with Crippen LogP contribution < -0.4 is 5.32 Å². The van der Waals surface area contributed by atoms with Gasteiger partial charge in [-0.3, -0.25) is 4.79 Å². The van der Waals surface area contributed by atoms with Gasteiger partial charge in [-0.25, -0.2) is 4.79 Å². The number of anilines is 1. The molecule has 8 heteroatoms. The fourth-order valence-corrected chi connectivity index (χ4v) is 2.39. The van der Waals surface area contributed by atoms with Gasteiger partial charge >= 0.3 is 12.1 Å². The Balaban J connectivity index is 2.35. The smallest absolute Gasteiger partial charge is 0.416 e. The van der Waals surface area contributed by atoms with Crippen LogP contribution in [0.3, 0.4) is 0 Å². The number of fused-ring (bicyclic) bond motifs is 1. The van der Waals surface area contributed by atoms with E-state index in [1.54, 1.807) is 0 Å². The lowest BCUT2D eigenvalue weighted by atomic mass is 10.2. The van der Waals surface area contributed by atoms with Gasteiger partial charge in [0.1, 0.15) is 0 Å². The first-order chi connectivity index (χ1) is 9.31. The van der Waals surface area contributed by atoms with E-state index in [1.807, 2.05) is 0 Å². The molecular formula is C12H8F3NO3S. The van der Waals surface area contributed by atoms with Crippen molar-refractivity contribution in [3.05, 3.63) is 34.7 Å². The maximum atomic E-state index is 12.6. The van der Waals surface area contributed by atoms with Crippen LogP contribution in [-0.4, -0.2) is 19.0 Å². The first-order valence-electron chi connectivity index (χ1n) is 5.31. The van der Waals surface area contributed by atoms with Crippen molar-refractivity contribution in [1.29, 1.82) is 0 Å². The molecule has 0 bridgehead atoms. The monoisotopic (exact) mass is 303 g/mol. The Morgan fingerprint density at radius 1 is 1.40 bits per heavy atom. The number of alkyl halides is 3. The molecule has 0 saturated heterocycles. The molecular weight excluding hydrogens is 295 g/mol. The lowest BCUT2D eigenvalue weighted by Gasteiger charge is -2.19. The van der Waals surface area contributed by atoms with Gasteiger partial charge in [0.05, 0.1) is 23.3 Å². The van der Waals surface area contributed by atoms with Crippen LogP contribution in [0.5, 0.6) is 0 Å². The van der Waals surface area contributed by atoms with Crippen molar-refractivity contribution in [2.75, 3.05) is 12.4 Å². The summed E-state index contributed by atoms with van der Waals surface area (Å²) in [6, 6.07) is 3.02. The minimum Gasteiger partial charge on any atom is -0.466 e. The highest BCUT2D eigenvalue weighted by Gasteiger charge is 2.32. The van der Waals surface area contributed by atoms with Gasteiger partial charge in [0.2, 0.25) is 0 Å². The molecule has 1 aromatic rings. The van der Waals surface area contributed by atoms with Crippen LogP contribution in [0.1, 0.15) is 5.56 Å². The fourth-order valence-electron chi connectivity index (χ4n) is 1.50. The van der Waals surface area contributed by atoms with Crippen LogP contribution in [0.15, 0.2) is 34.1 Å². The van der Waals surface area contributed by atoms with Gasteiger partial charge in [-0.2, -0.15) is 13.2 Å². The third-order valence-corrected chi connectivity index (χ3v) is 3.55. The number of halogens is 3. The first-order valence-corrected chi connectivity index (χ1v) is 6.13. The molecule has 106 valence electrons. The summed E-state index contributed by atoms with van der Waals surface area (Å²) in [5.74, 6) is -1.36. The van der Waals surface area contributed by atoms with Crippen molar-refractivity contribution in [1.82, 2.24) is 0 Å². The first kappa shape index (κ1) is 14.4. The molecule has 0 unspecified atom stereocenters. The zero-order chi connectivity index (χ0) is 14.9. The molecule has 1 aliphatic rings. The van der Waals surface area contributed by atoms with E-state index in [2.05, 4.69) is 10.1 Å². The molecule has 2 rings (SSSR count). The Kier molecular flexibility index (Phi) is 3.76. The van der Waals surface area contributed by atoms with Crippen LogP contribution in [0.2, 0.25) is 0 Å². The van der Waals surface area contributed by atoms with E-state index in [4.69, 9.17) is 0 Å². The summed E-state index contributed by atoms with van der Waals surface area (Å²) in [6.45, 7) is 0. The van der Waals surface area contributed by atoms with E-state index in [0.29, 0.717) is 4.90 Å². The van der Waals surface area contributed by atoms with Gasteiger partial charge in [-0.1, -0.05) is 11.8 Å². The highest BCUT2D eigenvalue weighted by molar-refractivity contribution is 8.04. The predicted molar refractivity (Wildman–Crippen MR) is 66.0 cm³/mol. The van der Waals surface area contributed by atoms with Crippen LogP contribution in [0.4, 0.5) is 18.9 Å². The Morgan fingerprint density at radius 3 is 2.70 bits per heavy atom. The van der Waals surface area contributed by atoms with Crippen LogP contribution >= 0.6 is 11.8 Å². The molecule has 1 heterocycles. The van der Waals surface area contributed by atoms with E-state index in [0.717, 1.165) is 37.1 Å². The zero-order valence-electron chi connectivity index (χ0n) is 10.1. The molecule has 0 saturated carbocycles. The zero-order valence-corrected chi connectivity index (χ0v) is 10.9. The average Bonchev–Trinajstić information content (AvgIpc) is 2.37. The molecule has 0 spiro atoms. The number of hydrogen-bond acceptors (Lipinski definition) is 4. The molecule has 1 aromatic carbocycles. The topological polar surface area (TPSA) is 55.4 Å². The van der Waals surface area contributed by atoms with E-state index in [9.17, 15) is 22.8 Å². The molecule has 0 aromatic heterocycles. The van der Waals surface area contributed by atoms with Gasteiger partial charge in [-0.15, -0.1) is 0 Å². The Hall–Kier alpha value is -1.96. The Labute approximate surface area is 116 Å². The number of hydrogen-bond donors (Lipinski definition) is 1. The summed E-state index contributed by atoms with van der Waals surface area (Å²) in [6.07, 6.45) is -3.49. The van der Waals surface area contributed by atoms with Crippen molar-refractivity contribution in [3.8, 4) is 0 Å². The Morgan fingerprint density at radius 2 is 2.10 bits per heavy atom. The van der Waals surface area contributed by atoms with Crippen molar-refractivity contribution >= 4 is 29.3 Å². The number of thioether (sulfide) groups is 1. The number of amides is 1. The number of esters is 1. The molecule has 1 amide bonds. The van der Waals surface area contributed by atoms with Gasteiger partial charge in [0, 0.05) is 11.0 Å². The summed E-state index contributed by atoms with van der Waals surface area (Å²) >= 11 is 0.909. The van der Waals surface area contributed by atoms with Gasteiger partial charge in [0.25, 0.3) is 5.91 Å². The number of nitrogens with one attached hydrogen (secondary N) is 1. The summed E-state index contributed by atoms with van der Waals surface area (Å²) in [5.41, 5.74) is -0.783.